The molecule has 5 nitrogen and oxygen atoms in total. The van der Waals surface area contributed by atoms with Gasteiger partial charge in [-0.3, -0.25) is 0 Å². The van der Waals surface area contributed by atoms with E-state index >= 15 is 0 Å². The summed E-state index contributed by atoms with van der Waals surface area (Å²) in [5.41, 5.74) is 1.04. The highest BCUT2D eigenvalue weighted by Crippen LogP contribution is 2.34. The van der Waals surface area contributed by atoms with Crippen molar-refractivity contribution in [2.45, 2.75) is 64.7 Å². The van der Waals surface area contributed by atoms with Crippen LogP contribution in [0.3, 0.4) is 0 Å². The minimum absolute atomic E-state index is 0.0482. The summed E-state index contributed by atoms with van der Waals surface area (Å²) in [7, 11) is 0. The van der Waals surface area contributed by atoms with E-state index in [0.717, 1.165) is 31.7 Å². The number of rotatable bonds is 5. The van der Waals surface area contributed by atoms with Crippen LogP contribution in [0, 0.1) is 0 Å². The fourth-order valence-corrected chi connectivity index (χ4v) is 2.48. The highest BCUT2D eigenvalue weighted by Gasteiger charge is 2.31. The Morgan fingerprint density at radius 2 is 2.32 bits per heavy atom. The number of ether oxygens (including phenoxy) is 2. The highest BCUT2D eigenvalue weighted by atomic mass is 16.5. The molecule has 1 atom stereocenters. The maximum absolute atomic E-state index is 5.74. The largest absolute Gasteiger partial charge is 0.377 e. The molecule has 0 bridgehead atoms. The van der Waals surface area contributed by atoms with E-state index in [1.807, 2.05) is 18.5 Å². The van der Waals surface area contributed by atoms with Gasteiger partial charge in [-0.05, 0) is 40.5 Å². The topological polar surface area (TPSA) is 49.2 Å². The number of hydrogen-bond acceptors (Lipinski definition) is 4. The number of aromatic nitrogens is 3. The Bertz CT molecular complexity index is 401. The second kappa shape index (κ2) is 6.01. The van der Waals surface area contributed by atoms with Crippen molar-refractivity contribution in [1.82, 2.24) is 15.0 Å². The second-order valence-corrected chi connectivity index (χ2v) is 6.12. The predicted octanol–water partition coefficient (Wildman–Crippen LogP) is 2.38. The lowest BCUT2D eigenvalue weighted by molar-refractivity contribution is -0.0598. The van der Waals surface area contributed by atoms with Crippen LogP contribution in [-0.4, -0.2) is 39.9 Å². The summed E-state index contributed by atoms with van der Waals surface area (Å²) in [4.78, 5) is 0. The zero-order valence-corrected chi connectivity index (χ0v) is 12.4. The third-order valence-electron chi connectivity index (χ3n) is 3.44. The molecule has 0 radical (unpaired) electrons. The Hall–Kier alpha value is -0.940. The van der Waals surface area contributed by atoms with Crippen molar-refractivity contribution >= 4 is 0 Å². The van der Waals surface area contributed by atoms with Crippen LogP contribution in [0.2, 0.25) is 0 Å². The summed E-state index contributed by atoms with van der Waals surface area (Å²) in [6.07, 6.45) is 4.36. The van der Waals surface area contributed by atoms with Gasteiger partial charge < -0.3 is 9.47 Å². The Morgan fingerprint density at radius 1 is 1.53 bits per heavy atom. The molecule has 108 valence electrons. The van der Waals surface area contributed by atoms with E-state index in [9.17, 15) is 0 Å². The quantitative estimate of drug-likeness (QED) is 0.822. The summed E-state index contributed by atoms with van der Waals surface area (Å²) < 4.78 is 13.1. The Balaban J connectivity index is 1.89. The molecule has 1 aromatic rings. The molecule has 0 N–H and O–H groups in total. The smallest absolute Gasteiger partial charge is 0.0859 e. The zero-order chi connectivity index (χ0) is 13.9. The molecule has 0 aliphatic carbocycles. The van der Waals surface area contributed by atoms with Crippen LogP contribution in [0.1, 0.15) is 52.1 Å². The summed E-state index contributed by atoms with van der Waals surface area (Å²) in [6, 6.07) is 0. The molecular formula is C14H25N3O2. The minimum Gasteiger partial charge on any atom is -0.377 e. The third kappa shape index (κ3) is 4.28. The van der Waals surface area contributed by atoms with Gasteiger partial charge in [0.25, 0.3) is 0 Å². The molecule has 0 aromatic carbocycles. The fraction of sp³-hybridized carbons (Fsp3) is 0.857. The lowest BCUT2D eigenvalue weighted by atomic mass is 9.86. The molecule has 0 saturated carbocycles. The first kappa shape index (κ1) is 14.5. The second-order valence-electron chi connectivity index (χ2n) is 6.12. The molecule has 19 heavy (non-hydrogen) atoms. The van der Waals surface area contributed by atoms with Crippen molar-refractivity contribution in [3.8, 4) is 0 Å². The lowest BCUT2D eigenvalue weighted by Crippen LogP contribution is -2.33. The van der Waals surface area contributed by atoms with E-state index < -0.39 is 0 Å². The number of hydrogen-bond donors (Lipinski definition) is 0. The highest BCUT2D eigenvalue weighted by molar-refractivity contribution is 5.05. The van der Waals surface area contributed by atoms with Crippen LogP contribution in [0.15, 0.2) is 6.20 Å². The van der Waals surface area contributed by atoms with Crippen molar-refractivity contribution in [3.05, 3.63) is 11.9 Å². The van der Waals surface area contributed by atoms with Gasteiger partial charge in [0, 0.05) is 18.7 Å². The average Bonchev–Trinajstić information content (AvgIpc) is 2.76. The monoisotopic (exact) mass is 267 g/mol. The standard InChI is InChI=1S/C14H25N3O2/c1-11(2)18-8-6-17-10-13(15-16-17)12-5-7-19-14(3,4)9-12/h10-12H,5-9H2,1-4H3/t12-/m0/s1. The van der Waals surface area contributed by atoms with Crippen molar-refractivity contribution in [1.29, 1.82) is 0 Å². The maximum Gasteiger partial charge on any atom is 0.0859 e. The average molecular weight is 267 g/mol. The van der Waals surface area contributed by atoms with Gasteiger partial charge in [-0.2, -0.15) is 0 Å². The van der Waals surface area contributed by atoms with Gasteiger partial charge in [-0.25, -0.2) is 4.68 Å². The minimum atomic E-state index is -0.0482. The molecule has 0 unspecified atom stereocenters. The summed E-state index contributed by atoms with van der Waals surface area (Å²) >= 11 is 0. The first-order valence-corrected chi connectivity index (χ1v) is 7.12. The van der Waals surface area contributed by atoms with Gasteiger partial charge in [0.15, 0.2) is 0 Å². The normalized spacial score (nSPS) is 22.9. The van der Waals surface area contributed by atoms with Gasteiger partial charge in [-0.15, -0.1) is 5.10 Å². The predicted molar refractivity (Wildman–Crippen MR) is 73.1 cm³/mol. The van der Waals surface area contributed by atoms with Crippen LogP contribution in [0.5, 0.6) is 0 Å². The van der Waals surface area contributed by atoms with Crippen molar-refractivity contribution in [2.75, 3.05) is 13.2 Å². The van der Waals surface area contributed by atoms with Gasteiger partial charge in [0.05, 0.1) is 30.6 Å². The third-order valence-corrected chi connectivity index (χ3v) is 3.44. The van der Waals surface area contributed by atoms with E-state index in [2.05, 4.69) is 30.4 Å². The van der Waals surface area contributed by atoms with E-state index in [1.165, 1.54) is 0 Å². The molecule has 1 saturated heterocycles. The van der Waals surface area contributed by atoms with Crippen molar-refractivity contribution in [3.63, 3.8) is 0 Å². The molecule has 1 aliphatic rings. The summed E-state index contributed by atoms with van der Waals surface area (Å²) in [5, 5.41) is 8.49. The first-order valence-electron chi connectivity index (χ1n) is 7.12. The molecule has 5 heteroatoms. The van der Waals surface area contributed by atoms with Gasteiger partial charge in [-0.1, -0.05) is 5.21 Å². The molecule has 0 spiro atoms. The fourth-order valence-electron chi connectivity index (χ4n) is 2.48. The van der Waals surface area contributed by atoms with Crippen LogP contribution >= 0.6 is 0 Å². The molecule has 2 heterocycles. The van der Waals surface area contributed by atoms with E-state index in [4.69, 9.17) is 9.47 Å². The van der Waals surface area contributed by atoms with Crippen LogP contribution in [-0.2, 0) is 16.0 Å². The zero-order valence-electron chi connectivity index (χ0n) is 12.4. The van der Waals surface area contributed by atoms with Crippen molar-refractivity contribution in [2.24, 2.45) is 0 Å². The Kier molecular flexibility index (Phi) is 4.58. The molecule has 2 rings (SSSR count). The molecule has 1 aliphatic heterocycles. The maximum atomic E-state index is 5.74. The molecular weight excluding hydrogens is 242 g/mol. The van der Waals surface area contributed by atoms with Crippen LogP contribution < -0.4 is 0 Å². The molecule has 1 fully saturated rings. The van der Waals surface area contributed by atoms with Crippen molar-refractivity contribution < 1.29 is 9.47 Å². The van der Waals surface area contributed by atoms with Crippen LogP contribution in [0.25, 0.3) is 0 Å². The first-order chi connectivity index (χ1) is 8.96. The summed E-state index contributed by atoms with van der Waals surface area (Å²) in [6.45, 7) is 10.6. The van der Waals surface area contributed by atoms with Gasteiger partial charge >= 0.3 is 0 Å². The van der Waals surface area contributed by atoms with E-state index in [-0.39, 0.29) is 11.7 Å². The molecule has 0 amide bonds. The van der Waals surface area contributed by atoms with E-state index in [1.54, 1.807) is 0 Å². The Labute approximate surface area is 115 Å². The molecule has 1 aromatic heterocycles. The van der Waals surface area contributed by atoms with Gasteiger partial charge in [0.1, 0.15) is 0 Å². The number of nitrogens with zero attached hydrogens (tertiary/aromatic N) is 3. The van der Waals surface area contributed by atoms with E-state index in [0.29, 0.717) is 12.5 Å². The van der Waals surface area contributed by atoms with Gasteiger partial charge in [0.2, 0.25) is 0 Å². The SMILES string of the molecule is CC(C)OCCn1cc([C@H]2CCOC(C)(C)C2)nn1. The summed E-state index contributed by atoms with van der Waals surface area (Å²) in [5.74, 6) is 0.462. The Morgan fingerprint density at radius 3 is 3.00 bits per heavy atom. The van der Waals surface area contributed by atoms with Crippen LogP contribution in [0.4, 0.5) is 0 Å². The lowest BCUT2D eigenvalue weighted by Gasteiger charge is -2.34.